The molecule has 1 unspecified atom stereocenters. The minimum atomic E-state index is -0.346. The van der Waals surface area contributed by atoms with Gasteiger partial charge in [0.15, 0.2) is 0 Å². The van der Waals surface area contributed by atoms with Crippen LogP contribution in [0.3, 0.4) is 0 Å². The average molecular weight is 371 g/mol. The van der Waals surface area contributed by atoms with Crippen LogP contribution in [0.5, 0.6) is 0 Å². The number of urea groups is 1. The van der Waals surface area contributed by atoms with E-state index in [0.29, 0.717) is 35.2 Å². The molecule has 1 aromatic heterocycles. The van der Waals surface area contributed by atoms with Crippen molar-refractivity contribution < 1.29 is 9.18 Å². The van der Waals surface area contributed by atoms with Crippen molar-refractivity contribution in [3.05, 3.63) is 41.5 Å². The number of aromatic nitrogens is 2. The second-order valence-electron chi connectivity index (χ2n) is 7.64. The van der Waals surface area contributed by atoms with Gasteiger partial charge in [0.25, 0.3) is 0 Å². The number of amides is 2. The van der Waals surface area contributed by atoms with Crippen molar-refractivity contribution in [3.8, 4) is 5.69 Å². The lowest BCUT2D eigenvalue weighted by molar-refractivity contribution is 0.0525. The van der Waals surface area contributed by atoms with Crippen LogP contribution in [0.1, 0.15) is 24.2 Å². The van der Waals surface area contributed by atoms with Gasteiger partial charge in [-0.15, -0.1) is 0 Å². The van der Waals surface area contributed by atoms with Crippen LogP contribution in [0.2, 0.25) is 0 Å². The molecule has 2 bridgehead atoms. The third-order valence-electron chi connectivity index (χ3n) is 5.93. The summed E-state index contributed by atoms with van der Waals surface area (Å²) >= 11 is 0. The zero-order valence-electron chi connectivity index (χ0n) is 15.8. The van der Waals surface area contributed by atoms with Crippen molar-refractivity contribution in [1.82, 2.24) is 20.0 Å². The Morgan fingerprint density at radius 2 is 2.00 bits per heavy atom. The molecule has 0 spiro atoms. The molecule has 27 heavy (non-hydrogen) atoms. The quantitative estimate of drug-likeness (QED) is 0.868. The van der Waals surface area contributed by atoms with E-state index in [0.717, 1.165) is 12.5 Å². The molecule has 3 fully saturated rings. The van der Waals surface area contributed by atoms with E-state index in [1.54, 1.807) is 18.2 Å². The maximum absolute atomic E-state index is 14.1. The number of hydrogen-bond acceptors (Lipinski definition) is 3. The van der Waals surface area contributed by atoms with Gasteiger partial charge in [-0.2, -0.15) is 5.10 Å². The van der Waals surface area contributed by atoms with Crippen LogP contribution in [-0.2, 0) is 0 Å². The number of carbonyl (C=O) groups is 1. The van der Waals surface area contributed by atoms with Crippen molar-refractivity contribution in [2.75, 3.05) is 31.5 Å². The fourth-order valence-electron chi connectivity index (χ4n) is 4.38. The first-order chi connectivity index (χ1) is 13.0. The number of para-hydroxylation sites is 1. The first-order valence-corrected chi connectivity index (χ1v) is 9.61. The minimum Gasteiger partial charge on any atom is -0.338 e. The lowest BCUT2D eigenvalue weighted by Gasteiger charge is -2.44. The molecule has 3 aliphatic rings. The van der Waals surface area contributed by atoms with E-state index in [-0.39, 0.29) is 11.8 Å². The Balaban J connectivity index is 1.42. The third kappa shape index (κ3) is 3.56. The molecule has 0 radical (unpaired) electrons. The number of halogens is 1. The second kappa shape index (κ2) is 7.31. The number of anilines is 1. The van der Waals surface area contributed by atoms with Gasteiger partial charge in [0.2, 0.25) is 0 Å². The number of carbonyl (C=O) groups excluding carboxylic acids is 1. The number of rotatable bonds is 4. The number of piperidine rings is 3. The number of nitrogens with zero attached hydrogens (tertiary/aromatic N) is 3. The standard InChI is InChI=1S/C20H26FN5O/c1-13-19(14(2)26(24-13)18-6-4-3-5-17(18)21)23-20(27)22-11-16-12-25-9-7-15(16)8-10-25/h3-6,15-16H,7-12H2,1-2H3,(H2,22,23,27). The van der Waals surface area contributed by atoms with Crippen LogP contribution < -0.4 is 10.6 Å². The predicted molar refractivity (Wildman–Crippen MR) is 103 cm³/mol. The maximum Gasteiger partial charge on any atom is 0.319 e. The molecule has 4 heterocycles. The molecule has 0 saturated carbocycles. The molecular formula is C20H26FN5O. The normalized spacial score (nSPS) is 24.0. The summed E-state index contributed by atoms with van der Waals surface area (Å²) in [6.45, 7) is 7.80. The van der Waals surface area contributed by atoms with Crippen molar-refractivity contribution in [2.24, 2.45) is 11.8 Å². The maximum atomic E-state index is 14.1. The molecule has 3 saturated heterocycles. The van der Waals surface area contributed by atoms with Crippen LogP contribution in [0.25, 0.3) is 5.69 Å². The van der Waals surface area contributed by atoms with Gasteiger partial charge in [-0.3, -0.25) is 0 Å². The summed E-state index contributed by atoms with van der Waals surface area (Å²) < 4.78 is 15.6. The van der Waals surface area contributed by atoms with Crippen LogP contribution >= 0.6 is 0 Å². The van der Waals surface area contributed by atoms with Crippen LogP contribution in [-0.4, -0.2) is 46.9 Å². The van der Waals surface area contributed by atoms with Crippen molar-refractivity contribution in [1.29, 1.82) is 0 Å². The summed E-state index contributed by atoms with van der Waals surface area (Å²) in [5.74, 6) is 0.908. The van der Waals surface area contributed by atoms with Gasteiger partial charge < -0.3 is 15.5 Å². The summed E-state index contributed by atoms with van der Waals surface area (Å²) in [5, 5.41) is 10.3. The highest BCUT2D eigenvalue weighted by Gasteiger charge is 2.34. The Morgan fingerprint density at radius 3 is 2.67 bits per heavy atom. The van der Waals surface area contributed by atoms with Gasteiger partial charge in [0, 0.05) is 13.1 Å². The van der Waals surface area contributed by atoms with Crippen LogP contribution in [0.15, 0.2) is 24.3 Å². The Kier molecular flexibility index (Phi) is 4.86. The molecule has 6 nitrogen and oxygen atoms in total. The summed E-state index contributed by atoms with van der Waals surface area (Å²) in [6.07, 6.45) is 2.48. The fraction of sp³-hybridized carbons (Fsp3) is 0.500. The van der Waals surface area contributed by atoms with Crippen molar-refractivity contribution >= 4 is 11.7 Å². The predicted octanol–water partition coefficient (Wildman–Crippen LogP) is 3.09. The molecule has 2 amide bonds. The number of fused-ring (bicyclic) bond motifs is 3. The molecular weight excluding hydrogens is 345 g/mol. The molecule has 3 aliphatic heterocycles. The molecule has 1 aromatic carbocycles. The SMILES string of the molecule is Cc1nn(-c2ccccc2F)c(C)c1NC(=O)NCC1CN2CCC1CC2. The van der Waals surface area contributed by atoms with Crippen LogP contribution in [0.4, 0.5) is 14.9 Å². The van der Waals surface area contributed by atoms with E-state index >= 15 is 0 Å². The molecule has 7 heteroatoms. The Morgan fingerprint density at radius 1 is 1.26 bits per heavy atom. The Bertz CT molecular complexity index is 841. The highest BCUT2D eigenvalue weighted by molar-refractivity contribution is 5.90. The first kappa shape index (κ1) is 18.0. The van der Waals surface area contributed by atoms with Gasteiger partial charge in [0.05, 0.1) is 17.1 Å². The summed E-state index contributed by atoms with van der Waals surface area (Å²) in [6, 6.07) is 6.26. The average Bonchev–Trinajstić information content (AvgIpc) is 2.96. The fourth-order valence-corrected chi connectivity index (χ4v) is 4.38. The summed E-state index contributed by atoms with van der Waals surface area (Å²) in [4.78, 5) is 14.9. The van der Waals surface area contributed by atoms with E-state index in [9.17, 15) is 9.18 Å². The van der Waals surface area contributed by atoms with Gasteiger partial charge in [0.1, 0.15) is 11.5 Å². The van der Waals surface area contributed by atoms with Crippen molar-refractivity contribution in [2.45, 2.75) is 26.7 Å². The number of benzene rings is 1. The number of hydrogen-bond donors (Lipinski definition) is 2. The number of aryl methyl sites for hydroxylation is 1. The van der Waals surface area contributed by atoms with Gasteiger partial charge >= 0.3 is 6.03 Å². The molecule has 5 rings (SSSR count). The smallest absolute Gasteiger partial charge is 0.319 e. The first-order valence-electron chi connectivity index (χ1n) is 9.61. The Labute approximate surface area is 158 Å². The Hall–Kier alpha value is -2.41. The van der Waals surface area contributed by atoms with E-state index in [4.69, 9.17) is 0 Å². The van der Waals surface area contributed by atoms with E-state index in [1.165, 1.54) is 36.7 Å². The highest BCUT2D eigenvalue weighted by atomic mass is 19.1. The molecule has 2 aromatic rings. The second-order valence-corrected chi connectivity index (χ2v) is 7.64. The summed E-state index contributed by atoms with van der Waals surface area (Å²) in [5.41, 5.74) is 2.37. The zero-order chi connectivity index (χ0) is 19.0. The molecule has 0 aliphatic carbocycles. The molecule has 144 valence electrons. The third-order valence-corrected chi connectivity index (χ3v) is 5.93. The van der Waals surface area contributed by atoms with E-state index in [2.05, 4.69) is 20.6 Å². The highest BCUT2D eigenvalue weighted by Crippen LogP contribution is 2.31. The molecule has 2 N–H and O–H groups in total. The zero-order valence-corrected chi connectivity index (χ0v) is 15.8. The monoisotopic (exact) mass is 371 g/mol. The summed E-state index contributed by atoms with van der Waals surface area (Å²) in [7, 11) is 0. The largest absolute Gasteiger partial charge is 0.338 e. The topological polar surface area (TPSA) is 62.2 Å². The number of nitrogens with one attached hydrogen (secondary N) is 2. The van der Waals surface area contributed by atoms with E-state index in [1.807, 2.05) is 13.8 Å². The van der Waals surface area contributed by atoms with Gasteiger partial charge in [-0.1, -0.05) is 12.1 Å². The lowest BCUT2D eigenvalue weighted by Crippen LogP contribution is -2.51. The van der Waals surface area contributed by atoms with E-state index < -0.39 is 0 Å². The molecule has 1 atom stereocenters. The minimum absolute atomic E-state index is 0.231. The lowest BCUT2D eigenvalue weighted by atomic mass is 9.79. The van der Waals surface area contributed by atoms with Gasteiger partial charge in [-0.05, 0) is 63.7 Å². The van der Waals surface area contributed by atoms with Crippen molar-refractivity contribution in [3.63, 3.8) is 0 Å². The van der Waals surface area contributed by atoms with Crippen LogP contribution in [0, 0.1) is 31.5 Å². The van der Waals surface area contributed by atoms with Gasteiger partial charge in [-0.25, -0.2) is 13.9 Å².